The molecule has 5 nitrogen and oxygen atoms in total. The predicted octanol–water partition coefficient (Wildman–Crippen LogP) is 4.10. The van der Waals surface area contributed by atoms with Crippen molar-refractivity contribution in [1.29, 1.82) is 0 Å². The molecule has 1 aromatic carbocycles. The number of ketones is 1. The molecule has 3 atom stereocenters. The fraction of sp³-hybridized carbons (Fsp3) is 0.625. The van der Waals surface area contributed by atoms with Gasteiger partial charge in [-0.15, -0.1) is 0 Å². The van der Waals surface area contributed by atoms with E-state index in [2.05, 4.69) is 12.1 Å². The zero-order valence-corrected chi connectivity index (χ0v) is 17.9. The standard InChI is InChI=1S/C24H35N3O2/c1-18(28)8-6-11-20-12-7-13-21(16-20)17-24(22(29)27(2)23(25)26-24)15-14-19-9-4-3-5-10-19/h3-5,9-10,20-21H,6-8,11-17H2,1-2H3,(H2,25,26)/t20?,21-,24+/m0/s1. The summed E-state index contributed by atoms with van der Waals surface area (Å²) < 4.78 is 0. The molecule has 0 spiro atoms. The highest BCUT2D eigenvalue weighted by Gasteiger charge is 2.47. The third-order valence-corrected chi connectivity index (χ3v) is 6.70. The number of hydrogen-bond donors (Lipinski definition) is 1. The summed E-state index contributed by atoms with van der Waals surface area (Å²) in [4.78, 5) is 30.6. The van der Waals surface area contributed by atoms with Gasteiger partial charge in [0.05, 0.1) is 0 Å². The van der Waals surface area contributed by atoms with Crippen LogP contribution in [0.4, 0.5) is 0 Å². The number of guanidine groups is 1. The lowest BCUT2D eigenvalue weighted by molar-refractivity contribution is -0.131. The number of benzene rings is 1. The van der Waals surface area contributed by atoms with Crippen LogP contribution < -0.4 is 5.73 Å². The lowest BCUT2D eigenvalue weighted by atomic mass is 9.72. The molecule has 1 aliphatic carbocycles. The minimum Gasteiger partial charge on any atom is -0.369 e. The molecule has 29 heavy (non-hydrogen) atoms. The Bertz CT molecular complexity index is 746. The average molecular weight is 398 g/mol. The topological polar surface area (TPSA) is 75.8 Å². The number of nitrogens with zero attached hydrogens (tertiary/aromatic N) is 2. The summed E-state index contributed by atoms with van der Waals surface area (Å²) in [5.74, 6) is 1.83. The molecule has 3 rings (SSSR count). The number of hydrogen-bond acceptors (Lipinski definition) is 4. The Morgan fingerprint density at radius 3 is 2.62 bits per heavy atom. The molecule has 1 saturated carbocycles. The van der Waals surface area contributed by atoms with E-state index < -0.39 is 5.54 Å². The van der Waals surface area contributed by atoms with E-state index in [0.29, 0.717) is 30.6 Å². The lowest BCUT2D eigenvalue weighted by Gasteiger charge is -2.34. The summed E-state index contributed by atoms with van der Waals surface area (Å²) in [6.07, 6.45) is 9.83. The van der Waals surface area contributed by atoms with Crippen molar-refractivity contribution in [1.82, 2.24) is 4.90 Å². The van der Waals surface area contributed by atoms with Crippen LogP contribution in [0.3, 0.4) is 0 Å². The maximum atomic E-state index is 13.2. The molecule has 1 fully saturated rings. The Hall–Kier alpha value is -2.17. The Kier molecular flexibility index (Phi) is 7.09. The fourth-order valence-electron chi connectivity index (χ4n) is 5.12. The van der Waals surface area contributed by atoms with Crippen molar-refractivity contribution in [2.24, 2.45) is 22.6 Å². The summed E-state index contributed by atoms with van der Waals surface area (Å²) in [5.41, 5.74) is 6.57. The summed E-state index contributed by atoms with van der Waals surface area (Å²) in [5, 5.41) is 0. The van der Waals surface area contributed by atoms with Crippen LogP contribution >= 0.6 is 0 Å². The molecule has 1 aliphatic heterocycles. The zero-order chi connectivity index (χ0) is 20.9. The van der Waals surface area contributed by atoms with Gasteiger partial charge in [-0.3, -0.25) is 9.69 Å². The van der Waals surface area contributed by atoms with Crippen molar-refractivity contribution < 1.29 is 9.59 Å². The van der Waals surface area contributed by atoms with Crippen LogP contribution in [0.5, 0.6) is 0 Å². The number of rotatable bonds is 9. The molecule has 0 bridgehead atoms. The second-order valence-electron chi connectivity index (χ2n) is 9.05. The number of Topliss-reactive ketones (excluding diaryl/α,β-unsaturated/α-hetero) is 1. The monoisotopic (exact) mass is 397 g/mol. The van der Waals surface area contributed by atoms with Gasteiger partial charge >= 0.3 is 0 Å². The second-order valence-corrected chi connectivity index (χ2v) is 9.05. The first-order valence-electron chi connectivity index (χ1n) is 11.1. The molecule has 0 radical (unpaired) electrons. The summed E-state index contributed by atoms with van der Waals surface area (Å²) in [6, 6.07) is 10.3. The average Bonchev–Trinajstić information content (AvgIpc) is 2.91. The number of aryl methyl sites for hydroxylation is 1. The minimum absolute atomic E-state index is 0.0460. The van der Waals surface area contributed by atoms with Crippen LogP contribution in [0.15, 0.2) is 35.3 Å². The maximum Gasteiger partial charge on any atom is 0.257 e. The molecule has 1 aromatic rings. The Balaban J connectivity index is 1.67. The Labute approximate surface area is 174 Å². The quantitative estimate of drug-likeness (QED) is 0.681. The van der Waals surface area contributed by atoms with Gasteiger partial charge in [-0.2, -0.15) is 0 Å². The van der Waals surface area contributed by atoms with Gasteiger partial charge in [-0.1, -0.05) is 56.0 Å². The van der Waals surface area contributed by atoms with Crippen molar-refractivity contribution in [2.45, 2.75) is 76.7 Å². The van der Waals surface area contributed by atoms with Crippen molar-refractivity contribution in [3.05, 3.63) is 35.9 Å². The van der Waals surface area contributed by atoms with E-state index >= 15 is 0 Å². The molecule has 0 saturated heterocycles. The van der Waals surface area contributed by atoms with E-state index in [4.69, 9.17) is 10.7 Å². The third kappa shape index (κ3) is 5.46. The first kappa shape index (κ1) is 21.5. The Morgan fingerprint density at radius 2 is 1.97 bits per heavy atom. The highest BCUT2D eigenvalue weighted by Crippen LogP contribution is 2.41. The zero-order valence-electron chi connectivity index (χ0n) is 17.9. The van der Waals surface area contributed by atoms with Crippen LogP contribution in [0.1, 0.15) is 70.3 Å². The van der Waals surface area contributed by atoms with E-state index in [-0.39, 0.29) is 11.7 Å². The van der Waals surface area contributed by atoms with Crippen LogP contribution in [-0.2, 0) is 16.0 Å². The van der Waals surface area contributed by atoms with Crippen LogP contribution in [0.2, 0.25) is 0 Å². The fourth-order valence-corrected chi connectivity index (χ4v) is 5.12. The predicted molar refractivity (Wildman–Crippen MR) is 116 cm³/mol. The highest BCUT2D eigenvalue weighted by molar-refractivity contribution is 6.06. The number of aliphatic imine (C=N–C) groups is 1. The van der Waals surface area contributed by atoms with Gasteiger partial charge in [-0.05, 0) is 56.4 Å². The second kappa shape index (κ2) is 9.55. The highest BCUT2D eigenvalue weighted by atomic mass is 16.2. The SMILES string of the molecule is CC(=O)CCCC1CCC[C@H](C[C@@]2(CCc3ccccc3)N=C(N)N(C)C2=O)C1. The van der Waals surface area contributed by atoms with Crippen molar-refractivity contribution in [2.75, 3.05) is 7.05 Å². The van der Waals surface area contributed by atoms with E-state index in [0.717, 1.165) is 38.5 Å². The molecule has 1 unspecified atom stereocenters. The molecule has 2 N–H and O–H groups in total. The molecule has 1 heterocycles. The molecule has 2 aliphatic rings. The summed E-state index contributed by atoms with van der Waals surface area (Å²) in [6.45, 7) is 1.67. The van der Waals surface area contributed by atoms with Gasteiger partial charge in [-0.25, -0.2) is 4.99 Å². The van der Waals surface area contributed by atoms with Gasteiger partial charge in [0.1, 0.15) is 11.3 Å². The van der Waals surface area contributed by atoms with E-state index in [1.807, 2.05) is 18.2 Å². The molecule has 0 aromatic heterocycles. The molecule has 1 amide bonds. The normalized spacial score (nSPS) is 27.2. The smallest absolute Gasteiger partial charge is 0.257 e. The van der Waals surface area contributed by atoms with Crippen molar-refractivity contribution in [3.8, 4) is 0 Å². The third-order valence-electron chi connectivity index (χ3n) is 6.70. The number of amides is 1. The van der Waals surface area contributed by atoms with E-state index in [1.165, 1.54) is 23.3 Å². The summed E-state index contributed by atoms with van der Waals surface area (Å²) >= 11 is 0. The Morgan fingerprint density at radius 1 is 1.24 bits per heavy atom. The summed E-state index contributed by atoms with van der Waals surface area (Å²) in [7, 11) is 1.73. The number of likely N-dealkylation sites (N-methyl/N-ethyl adjacent to an activating group) is 1. The van der Waals surface area contributed by atoms with Gasteiger partial charge in [0.15, 0.2) is 5.96 Å². The molecular formula is C24H35N3O2. The van der Waals surface area contributed by atoms with E-state index in [9.17, 15) is 9.59 Å². The maximum absolute atomic E-state index is 13.2. The minimum atomic E-state index is -0.722. The first-order chi connectivity index (χ1) is 13.9. The molecule has 5 heteroatoms. The largest absolute Gasteiger partial charge is 0.369 e. The van der Waals surface area contributed by atoms with E-state index in [1.54, 1.807) is 14.0 Å². The number of carbonyl (C=O) groups excluding carboxylic acids is 2. The van der Waals surface area contributed by atoms with Crippen LogP contribution in [0, 0.1) is 11.8 Å². The van der Waals surface area contributed by atoms with Crippen molar-refractivity contribution >= 4 is 17.6 Å². The van der Waals surface area contributed by atoms with Crippen LogP contribution in [0.25, 0.3) is 0 Å². The first-order valence-corrected chi connectivity index (χ1v) is 11.1. The van der Waals surface area contributed by atoms with Gasteiger partial charge in [0.25, 0.3) is 5.91 Å². The number of carbonyl (C=O) groups is 2. The van der Waals surface area contributed by atoms with Crippen molar-refractivity contribution in [3.63, 3.8) is 0 Å². The molecular weight excluding hydrogens is 362 g/mol. The van der Waals surface area contributed by atoms with Gasteiger partial charge < -0.3 is 10.5 Å². The van der Waals surface area contributed by atoms with Gasteiger partial charge in [0, 0.05) is 13.5 Å². The number of nitrogens with two attached hydrogens (primary N) is 1. The van der Waals surface area contributed by atoms with Gasteiger partial charge in [0.2, 0.25) is 0 Å². The van der Waals surface area contributed by atoms with Crippen LogP contribution in [-0.4, -0.2) is 35.1 Å². The lowest BCUT2D eigenvalue weighted by Crippen LogP contribution is -2.44. The molecule has 158 valence electrons.